The van der Waals surface area contributed by atoms with Gasteiger partial charge < -0.3 is 13.7 Å². The summed E-state index contributed by atoms with van der Waals surface area (Å²) in [4.78, 5) is 12.9. The zero-order valence-corrected chi connectivity index (χ0v) is 22.5. The highest BCUT2D eigenvalue weighted by atomic mass is 32.2. The van der Waals surface area contributed by atoms with Gasteiger partial charge in [0, 0.05) is 29.9 Å². The lowest BCUT2D eigenvalue weighted by Crippen LogP contribution is -2.43. The van der Waals surface area contributed by atoms with Gasteiger partial charge in [0.25, 0.3) is 0 Å². The molecule has 3 aliphatic rings. The number of carbonyl (C=O) groups excluding carboxylic acids is 1. The van der Waals surface area contributed by atoms with Crippen LogP contribution in [0.15, 0.2) is 42.6 Å². The van der Waals surface area contributed by atoms with Gasteiger partial charge in [0.1, 0.15) is 11.5 Å². The summed E-state index contributed by atoms with van der Waals surface area (Å²) in [6.45, 7) is 4.87. The quantitative estimate of drug-likeness (QED) is 0.351. The fraction of sp³-hybridized carbons (Fsp3) is 0.448. The molecule has 37 heavy (non-hydrogen) atoms. The summed E-state index contributed by atoms with van der Waals surface area (Å²) < 4.78 is 45.6. The molecule has 0 amide bonds. The van der Waals surface area contributed by atoms with Crippen LogP contribution in [0.2, 0.25) is 0 Å². The molecule has 2 unspecified atom stereocenters. The van der Waals surface area contributed by atoms with Crippen LogP contribution >= 0.6 is 0 Å². The maximum Gasteiger partial charge on any atom is 0.310 e. The summed E-state index contributed by atoms with van der Waals surface area (Å²) in [5.74, 6) is 1.29. The first-order chi connectivity index (χ1) is 17.6. The number of ether oxygens (including phenoxy) is 2. The van der Waals surface area contributed by atoms with Crippen molar-refractivity contribution in [2.45, 2.75) is 46.1 Å². The predicted molar refractivity (Wildman–Crippen MR) is 139 cm³/mol. The molecule has 2 atom stereocenters. The van der Waals surface area contributed by atoms with Crippen LogP contribution in [0.3, 0.4) is 0 Å². The summed E-state index contributed by atoms with van der Waals surface area (Å²) in [5, 5.41) is 1.77. The van der Waals surface area contributed by atoms with Crippen molar-refractivity contribution >= 4 is 26.7 Å². The van der Waals surface area contributed by atoms with E-state index in [1.54, 1.807) is 13.2 Å². The van der Waals surface area contributed by atoms with Gasteiger partial charge in [0.2, 0.25) is 5.69 Å². The maximum absolute atomic E-state index is 13.4. The Morgan fingerprint density at radius 3 is 2.49 bits per heavy atom. The second-order valence-corrected chi connectivity index (χ2v) is 12.8. The van der Waals surface area contributed by atoms with E-state index in [0.717, 1.165) is 47.2 Å². The highest BCUT2D eigenvalue weighted by Crippen LogP contribution is 2.64. The third kappa shape index (κ3) is 3.63. The van der Waals surface area contributed by atoms with Gasteiger partial charge in [-0.25, -0.2) is 0 Å². The van der Waals surface area contributed by atoms with E-state index in [1.807, 2.05) is 26.0 Å². The van der Waals surface area contributed by atoms with Crippen molar-refractivity contribution in [2.24, 2.45) is 16.7 Å². The van der Waals surface area contributed by atoms with Crippen LogP contribution in [-0.2, 0) is 27.9 Å². The Labute approximate surface area is 217 Å². The number of Topliss-reactive ketones (excluding diaryl/α,β-unsaturated/α-hetero) is 1. The Kier molecular flexibility index (Phi) is 5.36. The van der Waals surface area contributed by atoms with Gasteiger partial charge in [-0.2, -0.15) is 13.0 Å². The molecule has 0 saturated heterocycles. The van der Waals surface area contributed by atoms with Crippen LogP contribution in [0.4, 0.5) is 0 Å². The standard InChI is InChI=1S/C29H32NO6S/c1-28(2)21-7-9-29(28,27(31)15-21)17-37(32,33)36-26-13-19-12-24-23-6-5-22(34-3)11-18(23)8-10-30(24)16-20(19)14-25(26)35-4/h5-6,11-14,16,21H,7-10,15,17H2,1-4H3/q+1. The van der Waals surface area contributed by atoms with E-state index in [2.05, 4.69) is 29.0 Å². The molecule has 194 valence electrons. The number of hydrogen-bond acceptors (Lipinski definition) is 6. The summed E-state index contributed by atoms with van der Waals surface area (Å²) in [6, 6.07) is 11.7. The maximum atomic E-state index is 13.4. The smallest absolute Gasteiger partial charge is 0.310 e. The van der Waals surface area contributed by atoms with Gasteiger partial charge in [0.15, 0.2) is 24.2 Å². The van der Waals surface area contributed by atoms with Crippen molar-refractivity contribution in [3.63, 3.8) is 0 Å². The van der Waals surface area contributed by atoms with E-state index in [9.17, 15) is 13.2 Å². The number of benzene rings is 2. The fourth-order valence-electron chi connectivity index (χ4n) is 6.91. The van der Waals surface area contributed by atoms with E-state index in [4.69, 9.17) is 13.7 Å². The molecule has 2 heterocycles. The number of pyridine rings is 1. The summed E-state index contributed by atoms with van der Waals surface area (Å²) >= 11 is 0. The van der Waals surface area contributed by atoms with E-state index in [0.29, 0.717) is 18.6 Å². The summed E-state index contributed by atoms with van der Waals surface area (Å²) in [5.41, 5.74) is 2.13. The molecule has 1 aliphatic heterocycles. The summed E-state index contributed by atoms with van der Waals surface area (Å²) in [6.07, 6.45) is 4.88. The molecule has 1 aromatic heterocycles. The molecule has 2 aliphatic carbocycles. The molecular formula is C29H32NO6S+. The third-order valence-electron chi connectivity index (χ3n) is 9.26. The molecule has 0 radical (unpaired) electrons. The lowest BCUT2D eigenvalue weighted by Gasteiger charge is -2.35. The molecule has 2 aromatic carbocycles. The number of nitrogens with zero attached hydrogens (tertiary/aromatic N) is 1. The molecule has 0 spiro atoms. The highest BCUT2D eigenvalue weighted by molar-refractivity contribution is 7.87. The fourth-order valence-corrected chi connectivity index (χ4v) is 8.65. The molecule has 8 heteroatoms. The normalized spacial score (nSPS) is 23.6. The number of hydrogen-bond donors (Lipinski definition) is 0. The van der Waals surface area contributed by atoms with Crippen molar-refractivity contribution in [3.05, 3.63) is 48.2 Å². The minimum absolute atomic E-state index is 0.0466. The minimum atomic E-state index is -4.06. The van der Waals surface area contributed by atoms with Gasteiger partial charge in [-0.1, -0.05) is 13.8 Å². The number of rotatable bonds is 6. The lowest BCUT2D eigenvalue weighted by molar-refractivity contribution is -0.686. The molecule has 3 aromatic rings. The van der Waals surface area contributed by atoms with E-state index in [1.165, 1.54) is 12.7 Å². The first kappa shape index (κ1) is 24.2. The molecule has 6 rings (SSSR count). The Balaban J connectivity index is 1.38. The number of methoxy groups -OCH3 is 2. The van der Waals surface area contributed by atoms with Gasteiger partial charge in [0.05, 0.1) is 25.4 Å². The number of aryl methyl sites for hydroxylation is 2. The van der Waals surface area contributed by atoms with Crippen LogP contribution in [0.5, 0.6) is 17.2 Å². The molecule has 2 fully saturated rings. The van der Waals surface area contributed by atoms with Gasteiger partial charge >= 0.3 is 10.1 Å². The third-order valence-corrected chi connectivity index (χ3v) is 10.5. The molecule has 2 bridgehead atoms. The van der Waals surface area contributed by atoms with Crippen LogP contribution in [0.25, 0.3) is 22.0 Å². The Morgan fingerprint density at radius 2 is 1.81 bits per heavy atom. The number of aromatic nitrogens is 1. The Bertz CT molecular complexity index is 1560. The average Bonchev–Trinajstić information content (AvgIpc) is 3.20. The van der Waals surface area contributed by atoms with Crippen molar-refractivity contribution in [1.82, 2.24) is 0 Å². The van der Waals surface area contributed by atoms with Gasteiger partial charge in [-0.3, -0.25) is 4.79 Å². The van der Waals surface area contributed by atoms with Crippen molar-refractivity contribution in [2.75, 3.05) is 20.0 Å². The van der Waals surface area contributed by atoms with Crippen LogP contribution < -0.4 is 18.2 Å². The minimum Gasteiger partial charge on any atom is -0.497 e. The van der Waals surface area contributed by atoms with E-state index < -0.39 is 15.5 Å². The van der Waals surface area contributed by atoms with Crippen molar-refractivity contribution in [3.8, 4) is 28.5 Å². The monoisotopic (exact) mass is 522 g/mol. The zero-order chi connectivity index (χ0) is 26.2. The first-order valence-electron chi connectivity index (χ1n) is 12.7. The van der Waals surface area contributed by atoms with Crippen molar-refractivity contribution in [1.29, 1.82) is 0 Å². The van der Waals surface area contributed by atoms with Gasteiger partial charge in [-0.15, -0.1) is 0 Å². The number of carbonyl (C=O) groups is 1. The zero-order valence-electron chi connectivity index (χ0n) is 21.7. The van der Waals surface area contributed by atoms with Gasteiger partial charge in [-0.05, 0) is 65.5 Å². The molecular weight excluding hydrogens is 490 g/mol. The molecule has 0 N–H and O–H groups in total. The van der Waals surface area contributed by atoms with Crippen LogP contribution in [-0.4, -0.2) is 34.2 Å². The Hall–Kier alpha value is -3.13. The topological polar surface area (TPSA) is 82.8 Å². The summed E-state index contributed by atoms with van der Waals surface area (Å²) in [7, 11) is -0.896. The average molecular weight is 523 g/mol. The highest BCUT2D eigenvalue weighted by Gasteiger charge is 2.65. The SMILES string of the molecule is COc1ccc2c(c1)CC[n+]1cc3cc(OC)c(OS(=O)(=O)CC45CCC(CC4=O)C5(C)C)cc3cc1-2. The first-order valence-corrected chi connectivity index (χ1v) is 14.3. The number of ketones is 1. The van der Waals surface area contributed by atoms with Crippen molar-refractivity contribution < 1.29 is 31.4 Å². The van der Waals surface area contributed by atoms with E-state index >= 15 is 0 Å². The van der Waals surface area contributed by atoms with E-state index in [-0.39, 0.29) is 28.6 Å². The second-order valence-electron chi connectivity index (χ2n) is 11.2. The second kappa shape index (κ2) is 8.18. The molecule has 2 saturated carbocycles. The molecule has 7 nitrogen and oxygen atoms in total. The predicted octanol–water partition coefficient (Wildman–Crippen LogP) is 4.47. The van der Waals surface area contributed by atoms with Crippen LogP contribution in [0.1, 0.15) is 38.7 Å². The largest absolute Gasteiger partial charge is 0.497 e. The van der Waals surface area contributed by atoms with Crippen LogP contribution in [0, 0.1) is 16.7 Å². The lowest BCUT2D eigenvalue weighted by atomic mass is 9.70. The Morgan fingerprint density at radius 1 is 1.03 bits per heavy atom. The number of fused-ring (bicyclic) bond motifs is 6.